The first-order valence-corrected chi connectivity index (χ1v) is 7.29. The summed E-state index contributed by atoms with van der Waals surface area (Å²) in [4.78, 5) is 4.24. The van der Waals surface area contributed by atoms with E-state index in [0.717, 1.165) is 17.7 Å². The molecule has 1 aromatic heterocycles. The van der Waals surface area contributed by atoms with Gasteiger partial charge in [0.15, 0.2) is 0 Å². The molecule has 0 aliphatic carbocycles. The lowest BCUT2D eigenvalue weighted by atomic mass is 9.85. The molecule has 2 atom stereocenters. The lowest BCUT2D eigenvalue weighted by Crippen LogP contribution is -2.34. The van der Waals surface area contributed by atoms with Crippen molar-refractivity contribution in [2.24, 2.45) is 5.92 Å². The Balaban J connectivity index is 1.92. The first-order valence-electron chi connectivity index (χ1n) is 7.29. The van der Waals surface area contributed by atoms with E-state index in [4.69, 9.17) is 10.5 Å². The first kappa shape index (κ1) is 13.9. The van der Waals surface area contributed by atoms with E-state index in [1.54, 1.807) is 6.20 Å². The Morgan fingerprint density at radius 1 is 1.33 bits per heavy atom. The second-order valence-electron chi connectivity index (χ2n) is 5.58. The van der Waals surface area contributed by atoms with Crippen LogP contribution >= 0.6 is 0 Å². The van der Waals surface area contributed by atoms with Gasteiger partial charge < -0.3 is 15.8 Å². The fourth-order valence-corrected chi connectivity index (χ4v) is 3.18. The molecule has 3 N–H and O–H groups in total. The molecule has 0 amide bonds. The molecule has 0 saturated carbocycles. The lowest BCUT2D eigenvalue weighted by molar-refractivity contribution is 0.188. The van der Waals surface area contributed by atoms with Gasteiger partial charge in [-0.3, -0.25) is 0 Å². The van der Waals surface area contributed by atoms with Crippen molar-refractivity contribution in [1.82, 2.24) is 10.3 Å². The third kappa shape index (κ3) is 2.59. The first-order chi connectivity index (χ1) is 10.2. The molecule has 1 aromatic carbocycles. The van der Waals surface area contributed by atoms with Crippen LogP contribution in [0.1, 0.15) is 22.7 Å². The summed E-state index contributed by atoms with van der Waals surface area (Å²) < 4.78 is 5.92. The van der Waals surface area contributed by atoms with Crippen molar-refractivity contribution in [1.29, 1.82) is 0 Å². The van der Waals surface area contributed by atoms with Gasteiger partial charge in [0, 0.05) is 23.7 Å². The summed E-state index contributed by atoms with van der Waals surface area (Å²) in [6.07, 6.45) is 2.74. The highest BCUT2D eigenvalue weighted by atomic mass is 16.5. The molecule has 2 unspecified atom stereocenters. The third-order valence-corrected chi connectivity index (χ3v) is 4.24. The molecule has 3 rings (SSSR count). The van der Waals surface area contributed by atoms with Crippen LogP contribution in [0, 0.1) is 12.8 Å². The van der Waals surface area contributed by atoms with E-state index in [0.29, 0.717) is 18.3 Å². The zero-order valence-electron chi connectivity index (χ0n) is 12.5. The number of anilines is 1. The highest BCUT2D eigenvalue weighted by Gasteiger charge is 2.29. The molecule has 110 valence electrons. The molecule has 4 heteroatoms. The smallest absolute Gasteiger partial charge is 0.128 e. The van der Waals surface area contributed by atoms with Gasteiger partial charge in [0.1, 0.15) is 11.6 Å². The van der Waals surface area contributed by atoms with Crippen molar-refractivity contribution in [3.8, 4) is 5.75 Å². The number of nitrogen functional groups attached to an aromatic ring is 1. The minimum Gasteiger partial charge on any atom is -0.493 e. The molecule has 0 bridgehead atoms. The fourth-order valence-electron chi connectivity index (χ4n) is 3.18. The molecule has 0 radical (unpaired) electrons. The molecule has 1 aliphatic rings. The maximum absolute atomic E-state index is 6.11. The van der Waals surface area contributed by atoms with Crippen LogP contribution in [-0.2, 0) is 6.42 Å². The van der Waals surface area contributed by atoms with Gasteiger partial charge in [0.2, 0.25) is 0 Å². The highest BCUT2D eigenvalue weighted by Crippen LogP contribution is 2.35. The van der Waals surface area contributed by atoms with Gasteiger partial charge in [0.05, 0.1) is 6.61 Å². The van der Waals surface area contributed by atoms with Crippen LogP contribution in [-0.4, -0.2) is 18.6 Å². The number of nitrogens with zero attached hydrogens (tertiary/aromatic N) is 1. The molecular formula is C17H21N3O. The Kier molecular flexibility index (Phi) is 3.80. The molecule has 1 aliphatic heterocycles. The monoisotopic (exact) mass is 283 g/mol. The molecule has 2 heterocycles. The van der Waals surface area contributed by atoms with Crippen LogP contribution in [0.3, 0.4) is 0 Å². The van der Waals surface area contributed by atoms with E-state index >= 15 is 0 Å². The number of ether oxygens (including phenoxy) is 1. The summed E-state index contributed by atoms with van der Waals surface area (Å²) >= 11 is 0. The Bertz CT molecular complexity index is 621. The molecule has 0 spiro atoms. The van der Waals surface area contributed by atoms with Crippen molar-refractivity contribution in [2.45, 2.75) is 19.4 Å². The van der Waals surface area contributed by atoms with Crippen LogP contribution in [0.25, 0.3) is 0 Å². The number of pyridine rings is 1. The van der Waals surface area contributed by atoms with Gasteiger partial charge in [0.25, 0.3) is 0 Å². The quantitative estimate of drug-likeness (QED) is 0.908. The Morgan fingerprint density at radius 2 is 2.14 bits per heavy atom. The van der Waals surface area contributed by atoms with E-state index in [1.807, 2.05) is 25.2 Å². The topological polar surface area (TPSA) is 60.2 Å². The second-order valence-corrected chi connectivity index (χ2v) is 5.58. The lowest BCUT2D eigenvalue weighted by Gasteiger charge is -2.32. The number of benzene rings is 1. The number of rotatable bonds is 3. The molecule has 0 saturated heterocycles. The summed E-state index contributed by atoms with van der Waals surface area (Å²) in [5.74, 6) is 1.95. The zero-order chi connectivity index (χ0) is 14.8. The number of para-hydroxylation sites is 1. The number of aryl methyl sites for hydroxylation is 1. The molecular weight excluding hydrogens is 262 g/mol. The largest absolute Gasteiger partial charge is 0.493 e. The number of aromatic nitrogens is 1. The number of nitrogens with two attached hydrogens (primary N) is 1. The van der Waals surface area contributed by atoms with Crippen LogP contribution in [0.15, 0.2) is 36.5 Å². The maximum atomic E-state index is 6.11. The van der Waals surface area contributed by atoms with E-state index in [9.17, 15) is 0 Å². The molecule has 21 heavy (non-hydrogen) atoms. The number of nitrogens with one attached hydrogen (secondary N) is 1. The van der Waals surface area contributed by atoms with Crippen LogP contribution < -0.4 is 15.8 Å². The predicted molar refractivity (Wildman–Crippen MR) is 84.3 cm³/mol. The molecule has 2 aromatic rings. The number of fused-ring (bicyclic) bond motifs is 1. The van der Waals surface area contributed by atoms with Gasteiger partial charge in [-0.15, -0.1) is 0 Å². The van der Waals surface area contributed by atoms with Gasteiger partial charge >= 0.3 is 0 Å². The zero-order valence-corrected chi connectivity index (χ0v) is 12.5. The minimum absolute atomic E-state index is 0.145. The van der Waals surface area contributed by atoms with Crippen molar-refractivity contribution >= 4 is 5.82 Å². The predicted octanol–water partition coefficient (Wildman–Crippen LogP) is 2.48. The van der Waals surface area contributed by atoms with Crippen molar-refractivity contribution in [3.63, 3.8) is 0 Å². The normalized spacial score (nSPS) is 18.7. The fraction of sp³-hybridized carbons (Fsp3) is 0.353. The average molecular weight is 283 g/mol. The molecule has 0 fully saturated rings. The Morgan fingerprint density at radius 3 is 2.90 bits per heavy atom. The van der Waals surface area contributed by atoms with E-state index in [1.165, 1.54) is 11.1 Å². The molecule has 4 nitrogen and oxygen atoms in total. The van der Waals surface area contributed by atoms with Crippen molar-refractivity contribution in [3.05, 3.63) is 53.2 Å². The van der Waals surface area contributed by atoms with Gasteiger partial charge in [-0.05, 0) is 43.7 Å². The van der Waals surface area contributed by atoms with Gasteiger partial charge in [-0.1, -0.05) is 18.2 Å². The summed E-state index contributed by atoms with van der Waals surface area (Å²) in [5.41, 5.74) is 9.62. The SMILES string of the molecule is CNC(c1c(C)ccnc1N)C1COc2ccccc2C1. The van der Waals surface area contributed by atoms with E-state index < -0.39 is 0 Å². The van der Waals surface area contributed by atoms with Crippen molar-refractivity contribution in [2.75, 3.05) is 19.4 Å². The van der Waals surface area contributed by atoms with Gasteiger partial charge in [-0.2, -0.15) is 0 Å². The highest BCUT2D eigenvalue weighted by molar-refractivity contribution is 5.47. The average Bonchev–Trinajstić information content (AvgIpc) is 2.50. The third-order valence-electron chi connectivity index (χ3n) is 4.24. The Labute approximate surface area is 125 Å². The van der Waals surface area contributed by atoms with E-state index in [2.05, 4.69) is 29.4 Å². The summed E-state index contributed by atoms with van der Waals surface area (Å²) in [5, 5.41) is 3.40. The summed E-state index contributed by atoms with van der Waals surface area (Å²) in [7, 11) is 1.97. The van der Waals surface area contributed by atoms with Crippen LogP contribution in [0.4, 0.5) is 5.82 Å². The van der Waals surface area contributed by atoms with Crippen molar-refractivity contribution < 1.29 is 4.74 Å². The van der Waals surface area contributed by atoms with Crippen LogP contribution in [0.5, 0.6) is 5.75 Å². The van der Waals surface area contributed by atoms with Gasteiger partial charge in [-0.25, -0.2) is 4.98 Å². The second kappa shape index (κ2) is 5.74. The standard InChI is InChI=1S/C17H21N3O/c1-11-7-8-20-17(18)15(11)16(19-2)13-9-12-5-3-4-6-14(12)21-10-13/h3-8,13,16,19H,9-10H2,1-2H3,(H2,18,20). The number of hydrogen-bond acceptors (Lipinski definition) is 4. The summed E-state index contributed by atoms with van der Waals surface area (Å²) in [6, 6.07) is 10.4. The Hall–Kier alpha value is -2.07. The summed E-state index contributed by atoms with van der Waals surface area (Å²) in [6.45, 7) is 2.77. The van der Waals surface area contributed by atoms with E-state index in [-0.39, 0.29) is 6.04 Å². The van der Waals surface area contributed by atoms with Crippen LogP contribution in [0.2, 0.25) is 0 Å². The maximum Gasteiger partial charge on any atom is 0.128 e. The minimum atomic E-state index is 0.145. The number of hydrogen-bond donors (Lipinski definition) is 2.